The number of nitrogens with one attached hydrogen (secondary N) is 1. The van der Waals surface area contributed by atoms with E-state index in [1.807, 2.05) is 25.1 Å². The first-order valence-electron chi connectivity index (χ1n) is 6.47. The van der Waals surface area contributed by atoms with Gasteiger partial charge < -0.3 is 10.2 Å². The SMILES string of the molecule is CCN(C)C(=O)N=C(SC)N(C)C(=O)Nc1ccccc1. The molecule has 21 heavy (non-hydrogen) atoms. The quantitative estimate of drug-likeness (QED) is 0.675. The molecule has 1 N–H and O–H groups in total. The molecule has 1 rings (SSSR count). The number of benzene rings is 1. The van der Waals surface area contributed by atoms with E-state index in [1.54, 1.807) is 32.5 Å². The van der Waals surface area contributed by atoms with E-state index in [0.717, 1.165) is 0 Å². The van der Waals surface area contributed by atoms with Crippen molar-refractivity contribution in [2.24, 2.45) is 4.99 Å². The molecule has 0 heterocycles. The van der Waals surface area contributed by atoms with Gasteiger partial charge in [-0.1, -0.05) is 30.0 Å². The molecule has 114 valence electrons. The second-order valence-corrected chi connectivity index (χ2v) is 5.02. The average molecular weight is 308 g/mol. The van der Waals surface area contributed by atoms with Crippen LogP contribution in [0, 0.1) is 0 Å². The van der Waals surface area contributed by atoms with E-state index in [1.165, 1.54) is 21.6 Å². The number of aliphatic imine (C=N–C) groups is 1. The summed E-state index contributed by atoms with van der Waals surface area (Å²) in [6, 6.07) is 8.39. The number of anilines is 1. The van der Waals surface area contributed by atoms with Gasteiger partial charge in [0.2, 0.25) is 0 Å². The van der Waals surface area contributed by atoms with Crippen LogP contribution in [-0.4, -0.2) is 53.9 Å². The molecule has 4 amide bonds. The van der Waals surface area contributed by atoms with Gasteiger partial charge in [0.15, 0.2) is 5.17 Å². The molecule has 0 aliphatic rings. The summed E-state index contributed by atoms with van der Waals surface area (Å²) in [6.45, 7) is 2.42. The summed E-state index contributed by atoms with van der Waals surface area (Å²) in [5.74, 6) is 0. The number of amides is 4. The highest BCUT2D eigenvalue weighted by molar-refractivity contribution is 8.13. The second kappa shape index (κ2) is 8.31. The third kappa shape index (κ3) is 5.11. The summed E-state index contributed by atoms with van der Waals surface area (Å²) in [6.07, 6.45) is 1.77. The molecular weight excluding hydrogens is 288 g/mol. The molecule has 0 aliphatic heterocycles. The molecule has 1 aromatic carbocycles. The van der Waals surface area contributed by atoms with E-state index in [4.69, 9.17) is 0 Å². The molecule has 0 saturated carbocycles. The predicted octanol–water partition coefficient (Wildman–Crippen LogP) is 2.94. The van der Waals surface area contributed by atoms with E-state index >= 15 is 0 Å². The Morgan fingerprint density at radius 2 is 1.86 bits per heavy atom. The van der Waals surface area contributed by atoms with Crippen LogP contribution >= 0.6 is 11.8 Å². The van der Waals surface area contributed by atoms with Crippen LogP contribution in [0.3, 0.4) is 0 Å². The van der Waals surface area contributed by atoms with Gasteiger partial charge in [0.05, 0.1) is 0 Å². The van der Waals surface area contributed by atoms with Gasteiger partial charge in [-0.15, -0.1) is 0 Å². The van der Waals surface area contributed by atoms with Gasteiger partial charge in [-0.25, -0.2) is 9.59 Å². The number of para-hydroxylation sites is 1. The lowest BCUT2D eigenvalue weighted by Crippen LogP contribution is -2.36. The highest BCUT2D eigenvalue weighted by Crippen LogP contribution is 2.10. The summed E-state index contributed by atoms with van der Waals surface area (Å²) in [4.78, 5) is 30.7. The standard InChI is InChI=1S/C14H20N4O2S/c1-5-17(2)12(19)16-14(21-4)18(3)13(20)15-11-9-7-6-8-10-11/h6-10H,5H2,1-4H3,(H,15,20). The Bertz CT molecular complexity index is 519. The lowest BCUT2D eigenvalue weighted by molar-refractivity contribution is 0.221. The third-order valence-corrected chi connectivity index (χ3v) is 3.52. The van der Waals surface area contributed by atoms with Crippen molar-refractivity contribution in [2.75, 3.05) is 32.2 Å². The van der Waals surface area contributed by atoms with Gasteiger partial charge in [-0.3, -0.25) is 4.90 Å². The second-order valence-electron chi connectivity index (χ2n) is 4.25. The molecule has 0 unspecified atom stereocenters. The minimum absolute atomic E-state index is 0.341. The van der Waals surface area contributed by atoms with Gasteiger partial charge in [-0.05, 0) is 25.3 Å². The summed E-state index contributed by atoms with van der Waals surface area (Å²) >= 11 is 1.24. The van der Waals surface area contributed by atoms with Crippen molar-refractivity contribution in [1.82, 2.24) is 9.80 Å². The van der Waals surface area contributed by atoms with Gasteiger partial charge in [-0.2, -0.15) is 4.99 Å². The molecule has 0 atom stereocenters. The monoisotopic (exact) mass is 308 g/mol. The van der Waals surface area contributed by atoms with Gasteiger partial charge in [0.1, 0.15) is 0 Å². The van der Waals surface area contributed by atoms with Crippen molar-refractivity contribution in [2.45, 2.75) is 6.92 Å². The molecule has 0 bridgehead atoms. The van der Waals surface area contributed by atoms with Crippen LogP contribution in [0.4, 0.5) is 15.3 Å². The molecule has 0 radical (unpaired) electrons. The largest absolute Gasteiger partial charge is 0.345 e. The van der Waals surface area contributed by atoms with Crippen molar-refractivity contribution >= 4 is 34.7 Å². The van der Waals surface area contributed by atoms with Crippen molar-refractivity contribution in [3.8, 4) is 0 Å². The Balaban J connectivity index is 2.78. The molecule has 6 nitrogen and oxygen atoms in total. The van der Waals surface area contributed by atoms with Crippen LogP contribution in [-0.2, 0) is 0 Å². The number of carbonyl (C=O) groups is 2. The molecule has 7 heteroatoms. The summed E-state index contributed by atoms with van der Waals surface area (Å²) in [5.41, 5.74) is 0.687. The number of hydrogen-bond donors (Lipinski definition) is 1. The van der Waals surface area contributed by atoms with Crippen LogP contribution < -0.4 is 5.32 Å². The van der Waals surface area contributed by atoms with E-state index < -0.39 is 0 Å². The summed E-state index contributed by atoms with van der Waals surface area (Å²) < 4.78 is 0. The number of thioether (sulfide) groups is 1. The molecule has 1 aromatic rings. The highest BCUT2D eigenvalue weighted by Gasteiger charge is 2.16. The van der Waals surface area contributed by atoms with Gasteiger partial charge in [0.25, 0.3) is 0 Å². The van der Waals surface area contributed by atoms with Gasteiger partial charge >= 0.3 is 12.1 Å². The normalized spacial score (nSPS) is 11.0. The summed E-state index contributed by atoms with van der Waals surface area (Å²) in [5, 5.41) is 3.08. The average Bonchev–Trinajstić information content (AvgIpc) is 2.51. The van der Waals surface area contributed by atoms with Crippen LogP contribution in [0.5, 0.6) is 0 Å². The Labute approximate surface area is 129 Å². The first kappa shape index (κ1) is 17.0. The lowest BCUT2D eigenvalue weighted by atomic mass is 10.3. The molecule has 0 aromatic heterocycles. The van der Waals surface area contributed by atoms with Crippen molar-refractivity contribution < 1.29 is 9.59 Å². The minimum atomic E-state index is -0.374. The first-order chi connectivity index (χ1) is 9.99. The maximum Gasteiger partial charge on any atom is 0.345 e. The zero-order valence-corrected chi connectivity index (χ0v) is 13.5. The molecule has 0 saturated heterocycles. The Hall–Kier alpha value is -2.02. The van der Waals surface area contributed by atoms with Crippen LogP contribution in [0.2, 0.25) is 0 Å². The maximum absolute atomic E-state index is 12.1. The number of nitrogens with zero attached hydrogens (tertiary/aromatic N) is 3. The van der Waals surface area contributed by atoms with Crippen LogP contribution in [0.1, 0.15) is 6.92 Å². The molecule has 0 aliphatic carbocycles. The highest BCUT2D eigenvalue weighted by atomic mass is 32.2. The molecular formula is C14H20N4O2S. The minimum Gasteiger partial charge on any atom is -0.326 e. The van der Waals surface area contributed by atoms with E-state index in [2.05, 4.69) is 10.3 Å². The zero-order chi connectivity index (χ0) is 15.8. The van der Waals surface area contributed by atoms with Crippen molar-refractivity contribution in [3.63, 3.8) is 0 Å². The molecule has 0 spiro atoms. The van der Waals surface area contributed by atoms with E-state index in [9.17, 15) is 9.59 Å². The Morgan fingerprint density at radius 3 is 2.38 bits per heavy atom. The van der Waals surface area contributed by atoms with Crippen LogP contribution in [0.15, 0.2) is 35.3 Å². The van der Waals surface area contributed by atoms with E-state index in [0.29, 0.717) is 17.4 Å². The lowest BCUT2D eigenvalue weighted by Gasteiger charge is -2.19. The summed E-state index contributed by atoms with van der Waals surface area (Å²) in [7, 11) is 3.24. The van der Waals surface area contributed by atoms with E-state index in [-0.39, 0.29) is 12.1 Å². The number of hydrogen-bond acceptors (Lipinski definition) is 3. The number of amidine groups is 1. The predicted molar refractivity (Wildman–Crippen MR) is 87.9 cm³/mol. The number of rotatable bonds is 2. The Kier molecular flexibility index (Phi) is 6.74. The topological polar surface area (TPSA) is 65.0 Å². The van der Waals surface area contributed by atoms with Gasteiger partial charge in [0, 0.05) is 26.3 Å². The molecule has 0 fully saturated rings. The van der Waals surface area contributed by atoms with Crippen molar-refractivity contribution in [3.05, 3.63) is 30.3 Å². The third-order valence-electron chi connectivity index (χ3n) is 2.79. The number of urea groups is 2. The number of carbonyl (C=O) groups excluding carboxylic acids is 2. The fourth-order valence-electron chi connectivity index (χ4n) is 1.38. The Morgan fingerprint density at radius 1 is 1.24 bits per heavy atom. The zero-order valence-electron chi connectivity index (χ0n) is 12.7. The fraction of sp³-hybridized carbons (Fsp3) is 0.357. The van der Waals surface area contributed by atoms with Crippen molar-refractivity contribution in [1.29, 1.82) is 0 Å². The smallest absolute Gasteiger partial charge is 0.326 e. The van der Waals surface area contributed by atoms with Crippen LogP contribution in [0.25, 0.3) is 0 Å². The maximum atomic E-state index is 12.1. The first-order valence-corrected chi connectivity index (χ1v) is 7.69. The fourth-order valence-corrected chi connectivity index (χ4v) is 1.90.